The fourth-order valence-corrected chi connectivity index (χ4v) is 5.59. The van der Waals surface area contributed by atoms with Crippen LogP contribution in [0.2, 0.25) is 0 Å². The minimum atomic E-state index is -3.69. The van der Waals surface area contributed by atoms with Crippen LogP contribution in [0.3, 0.4) is 0 Å². The molecule has 132 valence electrons. The molecule has 2 aromatic rings. The number of thioether (sulfide) groups is 1. The molecule has 1 fully saturated rings. The van der Waals surface area contributed by atoms with Gasteiger partial charge < -0.3 is 5.32 Å². The molecule has 0 aliphatic carbocycles. The molecular formula is C18H20N2O3S2. The van der Waals surface area contributed by atoms with E-state index in [1.54, 1.807) is 32.0 Å². The molecule has 0 saturated carbocycles. The SMILES string of the molecule is Cc1cc(C)c(S(=O)(=O)Nc2cccc([C@@H]3NC(=O)CS3)c2)c(C)c1. The molecular weight excluding hydrogens is 356 g/mol. The van der Waals surface area contributed by atoms with Crippen LogP contribution in [-0.2, 0) is 14.8 Å². The summed E-state index contributed by atoms with van der Waals surface area (Å²) in [7, 11) is -3.69. The van der Waals surface area contributed by atoms with E-state index < -0.39 is 10.0 Å². The minimum absolute atomic E-state index is 0.00751. The van der Waals surface area contributed by atoms with Gasteiger partial charge in [0.2, 0.25) is 5.91 Å². The van der Waals surface area contributed by atoms with Crippen molar-refractivity contribution >= 4 is 33.4 Å². The second kappa shape index (κ2) is 6.72. The van der Waals surface area contributed by atoms with Crippen molar-refractivity contribution < 1.29 is 13.2 Å². The third kappa shape index (κ3) is 3.82. The van der Waals surface area contributed by atoms with Crippen molar-refractivity contribution in [1.29, 1.82) is 0 Å². The fourth-order valence-electron chi connectivity index (χ4n) is 3.13. The highest BCUT2D eigenvalue weighted by atomic mass is 32.2. The van der Waals surface area contributed by atoms with Crippen molar-refractivity contribution in [2.45, 2.75) is 31.0 Å². The number of benzene rings is 2. The summed E-state index contributed by atoms with van der Waals surface area (Å²) >= 11 is 1.50. The lowest BCUT2D eigenvalue weighted by Crippen LogP contribution is -2.19. The summed E-state index contributed by atoms with van der Waals surface area (Å²) in [6.07, 6.45) is 0. The van der Waals surface area contributed by atoms with E-state index in [-0.39, 0.29) is 11.3 Å². The summed E-state index contributed by atoms with van der Waals surface area (Å²) in [5.41, 5.74) is 3.83. The monoisotopic (exact) mass is 376 g/mol. The van der Waals surface area contributed by atoms with Gasteiger partial charge in [0.05, 0.1) is 10.6 Å². The van der Waals surface area contributed by atoms with Crippen LogP contribution in [0.1, 0.15) is 27.6 Å². The third-order valence-electron chi connectivity index (χ3n) is 3.99. The maximum Gasteiger partial charge on any atom is 0.262 e. The molecule has 1 heterocycles. The van der Waals surface area contributed by atoms with Gasteiger partial charge in [0.1, 0.15) is 5.37 Å². The van der Waals surface area contributed by atoms with Gasteiger partial charge in [-0.05, 0) is 49.6 Å². The zero-order valence-electron chi connectivity index (χ0n) is 14.3. The Morgan fingerprint density at radius 1 is 1.12 bits per heavy atom. The zero-order valence-corrected chi connectivity index (χ0v) is 15.9. The number of carbonyl (C=O) groups excluding carboxylic acids is 1. The average molecular weight is 377 g/mol. The molecule has 2 aromatic carbocycles. The molecule has 1 aliphatic rings. The number of anilines is 1. The van der Waals surface area contributed by atoms with Crippen LogP contribution < -0.4 is 10.0 Å². The van der Waals surface area contributed by atoms with Crippen LogP contribution in [0, 0.1) is 20.8 Å². The van der Waals surface area contributed by atoms with E-state index in [0.717, 1.165) is 22.3 Å². The lowest BCUT2D eigenvalue weighted by atomic mass is 10.1. The van der Waals surface area contributed by atoms with E-state index in [1.165, 1.54) is 11.8 Å². The first kappa shape index (κ1) is 17.8. The van der Waals surface area contributed by atoms with Gasteiger partial charge in [0.15, 0.2) is 0 Å². The van der Waals surface area contributed by atoms with Gasteiger partial charge in [-0.3, -0.25) is 9.52 Å². The van der Waals surface area contributed by atoms with Gasteiger partial charge in [-0.15, -0.1) is 11.8 Å². The maximum atomic E-state index is 12.9. The molecule has 1 aliphatic heterocycles. The zero-order chi connectivity index (χ0) is 18.2. The lowest BCUT2D eigenvalue weighted by Gasteiger charge is -2.15. The van der Waals surface area contributed by atoms with Gasteiger partial charge in [-0.2, -0.15) is 0 Å². The van der Waals surface area contributed by atoms with Crippen molar-refractivity contribution in [1.82, 2.24) is 5.32 Å². The number of nitrogens with one attached hydrogen (secondary N) is 2. The number of aryl methyl sites for hydroxylation is 3. The Kier molecular flexibility index (Phi) is 4.79. The van der Waals surface area contributed by atoms with Crippen LogP contribution in [0.4, 0.5) is 5.69 Å². The number of sulfonamides is 1. The highest BCUT2D eigenvalue weighted by Gasteiger charge is 2.24. The predicted molar refractivity (Wildman–Crippen MR) is 101 cm³/mol. The molecule has 7 heteroatoms. The Balaban J connectivity index is 1.90. The molecule has 25 heavy (non-hydrogen) atoms. The summed E-state index contributed by atoms with van der Waals surface area (Å²) in [6, 6.07) is 10.9. The van der Waals surface area contributed by atoms with Crippen molar-refractivity contribution in [2.75, 3.05) is 10.5 Å². The Hall–Kier alpha value is -1.99. The standard InChI is InChI=1S/C18H20N2O3S2/c1-11-7-12(2)17(13(3)8-11)25(22,23)20-15-6-4-5-14(9-15)18-19-16(21)10-24-18/h4-9,18,20H,10H2,1-3H3,(H,19,21)/t18-/m1/s1. The summed E-state index contributed by atoms with van der Waals surface area (Å²) in [4.78, 5) is 11.7. The normalized spacial score (nSPS) is 17.4. The number of carbonyl (C=O) groups is 1. The van der Waals surface area contributed by atoms with Gasteiger partial charge in [-0.1, -0.05) is 29.8 Å². The highest BCUT2D eigenvalue weighted by Crippen LogP contribution is 2.32. The Labute approximate surface area is 152 Å². The van der Waals surface area contributed by atoms with E-state index in [4.69, 9.17) is 0 Å². The Morgan fingerprint density at radius 2 is 1.80 bits per heavy atom. The summed E-state index contributed by atoms with van der Waals surface area (Å²) in [6.45, 7) is 5.55. The molecule has 3 rings (SSSR count). The van der Waals surface area contributed by atoms with E-state index in [0.29, 0.717) is 16.3 Å². The second-order valence-corrected chi connectivity index (χ2v) is 8.93. The van der Waals surface area contributed by atoms with E-state index in [2.05, 4.69) is 10.0 Å². The van der Waals surface area contributed by atoms with Gasteiger partial charge in [0.25, 0.3) is 10.0 Å². The van der Waals surface area contributed by atoms with Crippen LogP contribution in [0.15, 0.2) is 41.3 Å². The maximum absolute atomic E-state index is 12.9. The molecule has 0 radical (unpaired) electrons. The van der Waals surface area contributed by atoms with E-state index in [1.807, 2.05) is 25.1 Å². The van der Waals surface area contributed by atoms with Crippen LogP contribution >= 0.6 is 11.8 Å². The van der Waals surface area contributed by atoms with Crippen molar-refractivity contribution in [3.8, 4) is 0 Å². The number of hydrogen-bond acceptors (Lipinski definition) is 4. The Morgan fingerprint density at radius 3 is 2.40 bits per heavy atom. The molecule has 0 spiro atoms. The third-order valence-corrected chi connectivity index (χ3v) is 6.83. The van der Waals surface area contributed by atoms with Crippen LogP contribution in [0.5, 0.6) is 0 Å². The van der Waals surface area contributed by atoms with Gasteiger partial charge in [0, 0.05) is 5.69 Å². The van der Waals surface area contributed by atoms with Gasteiger partial charge in [-0.25, -0.2) is 8.42 Å². The van der Waals surface area contributed by atoms with E-state index >= 15 is 0 Å². The summed E-state index contributed by atoms with van der Waals surface area (Å²) < 4.78 is 28.4. The lowest BCUT2D eigenvalue weighted by molar-refractivity contribution is -0.118. The molecule has 2 N–H and O–H groups in total. The van der Waals surface area contributed by atoms with Gasteiger partial charge >= 0.3 is 0 Å². The van der Waals surface area contributed by atoms with Crippen molar-refractivity contribution in [2.24, 2.45) is 0 Å². The average Bonchev–Trinajstić information content (AvgIpc) is 2.92. The first-order chi connectivity index (χ1) is 11.8. The summed E-state index contributed by atoms with van der Waals surface area (Å²) in [5, 5.41) is 2.72. The molecule has 5 nitrogen and oxygen atoms in total. The van der Waals surface area contributed by atoms with Crippen molar-refractivity contribution in [3.05, 3.63) is 58.7 Å². The van der Waals surface area contributed by atoms with E-state index in [9.17, 15) is 13.2 Å². The largest absolute Gasteiger partial charge is 0.339 e. The molecule has 0 bridgehead atoms. The number of hydrogen-bond donors (Lipinski definition) is 2. The number of amides is 1. The van der Waals surface area contributed by atoms with Crippen molar-refractivity contribution in [3.63, 3.8) is 0 Å². The van der Waals surface area contributed by atoms with Crippen LogP contribution in [-0.4, -0.2) is 20.1 Å². The molecule has 0 aromatic heterocycles. The topological polar surface area (TPSA) is 75.3 Å². The highest BCUT2D eigenvalue weighted by molar-refractivity contribution is 8.00. The first-order valence-corrected chi connectivity index (χ1v) is 10.4. The molecule has 1 amide bonds. The summed E-state index contributed by atoms with van der Waals surface area (Å²) in [5.74, 6) is 0.412. The first-order valence-electron chi connectivity index (χ1n) is 7.88. The smallest absolute Gasteiger partial charge is 0.262 e. The molecule has 1 saturated heterocycles. The number of rotatable bonds is 4. The Bertz CT molecular complexity index is 916. The fraction of sp³-hybridized carbons (Fsp3) is 0.278. The quantitative estimate of drug-likeness (QED) is 0.859. The second-order valence-electron chi connectivity index (χ2n) is 6.22. The minimum Gasteiger partial charge on any atom is -0.339 e. The molecule has 0 unspecified atom stereocenters. The van der Waals surface area contributed by atoms with Crippen LogP contribution in [0.25, 0.3) is 0 Å². The molecule has 1 atom stereocenters. The predicted octanol–water partition coefficient (Wildman–Crippen LogP) is 3.27.